The van der Waals surface area contributed by atoms with Gasteiger partial charge < -0.3 is 9.84 Å². The Labute approximate surface area is 178 Å². The molecular weight excluding hydrogens is 410 g/mol. The van der Waals surface area contributed by atoms with E-state index in [1.54, 1.807) is 0 Å². The molecule has 0 aliphatic carbocycles. The molecule has 0 radical (unpaired) electrons. The highest BCUT2D eigenvalue weighted by molar-refractivity contribution is 7.91. The summed E-state index contributed by atoms with van der Waals surface area (Å²) in [7, 11) is -3.02. The maximum absolute atomic E-state index is 12.0. The second-order valence-corrected chi connectivity index (χ2v) is 10.5. The smallest absolute Gasteiger partial charge is 0.151 e. The zero-order chi connectivity index (χ0) is 21.0. The van der Waals surface area contributed by atoms with Gasteiger partial charge in [0.05, 0.1) is 11.5 Å². The van der Waals surface area contributed by atoms with Gasteiger partial charge in [-0.2, -0.15) is 0 Å². The standard InChI is InChI=1S/C22H28ClNO4S/c1-16-3-8-22(11-17(16)2)28-14-21(25)13-24(20-9-10-29(26,27)15-20)12-18-4-6-19(23)7-5-18/h3-8,11,20-21,25H,9-10,12-15H2,1-2H3. The monoisotopic (exact) mass is 437 g/mol. The van der Waals surface area contributed by atoms with Gasteiger partial charge in [0.15, 0.2) is 9.84 Å². The molecule has 0 bridgehead atoms. The molecule has 1 aliphatic rings. The highest BCUT2D eigenvalue weighted by atomic mass is 35.5. The van der Waals surface area contributed by atoms with E-state index in [1.807, 2.05) is 61.2 Å². The van der Waals surface area contributed by atoms with E-state index in [1.165, 1.54) is 5.56 Å². The van der Waals surface area contributed by atoms with Crippen LogP contribution in [0.3, 0.4) is 0 Å². The molecule has 158 valence electrons. The maximum Gasteiger partial charge on any atom is 0.151 e. The van der Waals surface area contributed by atoms with Crippen LogP contribution in [0.4, 0.5) is 0 Å². The van der Waals surface area contributed by atoms with Crippen molar-refractivity contribution in [1.82, 2.24) is 4.90 Å². The first-order valence-electron chi connectivity index (χ1n) is 9.79. The summed E-state index contributed by atoms with van der Waals surface area (Å²) in [6, 6.07) is 13.2. The first kappa shape index (κ1) is 22.1. The molecule has 1 fully saturated rings. The quantitative estimate of drug-likeness (QED) is 0.685. The molecular formula is C22H28ClNO4S. The summed E-state index contributed by atoms with van der Waals surface area (Å²) in [5.74, 6) is 1.05. The van der Waals surface area contributed by atoms with Crippen LogP contribution in [0.2, 0.25) is 5.02 Å². The summed E-state index contributed by atoms with van der Waals surface area (Å²) in [4.78, 5) is 2.04. The fourth-order valence-corrected chi connectivity index (χ4v) is 5.44. The molecule has 2 unspecified atom stereocenters. The van der Waals surface area contributed by atoms with Crippen LogP contribution in [-0.4, -0.2) is 55.2 Å². The van der Waals surface area contributed by atoms with Gasteiger partial charge >= 0.3 is 0 Å². The van der Waals surface area contributed by atoms with E-state index >= 15 is 0 Å². The summed E-state index contributed by atoms with van der Waals surface area (Å²) in [5.41, 5.74) is 3.35. The largest absolute Gasteiger partial charge is 0.491 e. The summed E-state index contributed by atoms with van der Waals surface area (Å²) in [6.45, 7) is 5.11. The van der Waals surface area contributed by atoms with Gasteiger partial charge in [-0.15, -0.1) is 0 Å². The predicted molar refractivity (Wildman–Crippen MR) is 116 cm³/mol. The Morgan fingerprint density at radius 2 is 1.90 bits per heavy atom. The molecule has 2 aromatic rings. The Hall–Kier alpha value is -1.60. The van der Waals surface area contributed by atoms with Crippen molar-refractivity contribution >= 4 is 21.4 Å². The molecule has 2 aromatic carbocycles. The minimum Gasteiger partial charge on any atom is -0.491 e. The summed E-state index contributed by atoms with van der Waals surface area (Å²) >= 11 is 5.97. The normalized spacial score (nSPS) is 19.4. The van der Waals surface area contributed by atoms with Crippen LogP contribution in [0.15, 0.2) is 42.5 Å². The van der Waals surface area contributed by atoms with Gasteiger partial charge in [-0.1, -0.05) is 29.8 Å². The third-order valence-electron chi connectivity index (χ3n) is 5.39. The lowest BCUT2D eigenvalue weighted by atomic mass is 10.1. The molecule has 0 saturated carbocycles. The molecule has 2 atom stereocenters. The highest BCUT2D eigenvalue weighted by Crippen LogP contribution is 2.22. The molecule has 29 heavy (non-hydrogen) atoms. The number of aliphatic hydroxyl groups excluding tert-OH is 1. The predicted octanol–water partition coefficient (Wildman–Crippen LogP) is 3.39. The number of sulfone groups is 1. The molecule has 1 N–H and O–H groups in total. The van der Waals surface area contributed by atoms with E-state index < -0.39 is 15.9 Å². The third-order valence-corrected chi connectivity index (χ3v) is 7.39. The van der Waals surface area contributed by atoms with Crippen LogP contribution in [0.1, 0.15) is 23.1 Å². The van der Waals surface area contributed by atoms with Gasteiger partial charge in [0, 0.05) is 24.2 Å². The lowest BCUT2D eigenvalue weighted by Crippen LogP contribution is -2.42. The Kier molecular flexibility index (Phi) is 7.22. The molecule has 7 heteroatoms. The maximum atomic E-state index is 12.0. The second-order valence-electron chi connectivity index (χ2n) is 7.82. The van der Waals surface area contributed by atoms with E-state index in [0.29, 0.717) is 24.5 Å². The number of aliphatic hydroxyl groups is 1. The first-order chi connectivity index (χ1) is 13.7. The molecule has 1 heterocycles. The Balaban J connectivity index is 1.64. The molecule has 3 rings (SSSR count). The minimum atomic E-state index is -3.02. The summed E-state index contributed by atoms with van der Waals surface area (Å²) in [5, 5.41) is 11.2. The summed E-state index contributed by atoms with van der Waals surface area (Å²) < 4.78 is 29.7. The topological polar surface area (TPSA) is 66.8 Å². The number of ether oxygens (including phenoxy) is 1. The Bertz CT molecular complexity index is 930. The van der Waals surface area contributed by atoms with Gasteiger partial charge in [-0.25, -0.2) is 8.42 Å². The number of halogens is 1. The average Bonchev–Trinajstić information content (AvgIpc) is 3.04. The van der Waals surface area contributed by atoms with Gasteiger partial charge in [0.1, 0.15) is 18.5 Å². The van der Waals surface area contributed by atoms with Crippen LogP contribution >= 0.6 is 11.6 Å². The highest BCUT2D eigenvalue weighted by Gasteiger charge is 2.33. The SMILES string of the molecule is Cc1ccc(OCC(O)CN(Cc2ccc(Cl)cc2)C2CCS(=O)(=O)C2)cc1C. The van der Waals surface area contributed by atoms with Crippen LogP contribution in [0.25, 0.3) is 0 Å². The number of aryl methyl sites for hydroxylation is 2. The van der Waals surface area contributed by atoms with Crippen molar-refractivity contribution in [2.75, 3.05) is 24.7 Å². The minimum absolute atomic E-state index is 0.105. The zero-order valence-electron chi connectivity index (χ0n) is 16.8. The number of benzene rings is 2. The first-order valence-corrected chi connectivity index (χ1v) is 12.0. The molecule has 5 nitrogen and oxygen atoms in total. The number of hydrogen-bond acceptors (Lipinski definition) is 5. The van der Waals surface area contributed by atoms with Crippen LogP contribution < -0.4 is 4.74 Å². The van der Waals surface area contributed by atoms with E-state index in [4.69, 9.17) is 16.3 Å². The molecule has 1 aliphatic heterocycles. The van der Waals surface area contributed by atoms with Crippen molar-refractivity contribution < 1.29 is 18.3 Å². The fourth-order valence-electron chi connectivity index (χ4n) is 3.55. The lowest BCUT2D eigenvalue weighted by molar-refractivity contribution is 0.0524. The van der Waals surface area contributed by atoms with Crippen molar-refractivity contribution in [2.24, 2.45) is 0 Å². The van der Waals surface area contributed by atoms with Gasteiger partial charge in [-0.3, -0.25) is 4.90 Å². The second kappa shape index (κ2) is 9.47. The van der Waals surface area contributed by atoms with Crippen LogP contribution in [0.5, 0.6) is 5.75 Å². The van der Waals surface area contributed by atoms with E-state index in [-0.39, 0.29) is 24.2 Å². The lowest BCUT2D eigenvalue weighted by Gasteiger charge is -2.30. The van der Waals surface area contributed by atoms with Crippen molar-refractivity contribution in [3.8, 4) is 5.75 Å². The third kappa shape index (κ3) is 6.44. The Morgan fingerprint density at radius 3 is 2.52 bits per heavy atom. The molecule has 0 aromatic heterocycles. The van der Waals surface area contributed by atoms with Gasteiger partial charge in [-0.05, 0) is 61.2 Å². The van der Waals surface area contributed by atoms with Crippen molar-refractivity contribution in [3.63, 3.8) is 0 Å². The average molecular weight is 438 g/mol. The van der Waals surface area contributed by atoms with Crippen LogP contribution in [0, 0.1) is 13.8 Å². The fraction of sp³-hybridized carbons (Fsp3) is 0.455. The van der Waals surface area contributed by atoms with Gasteiger partial charge in [0.25, 0.3) is 0 Å². The molecule has 1 saturated heterocycles. The Morgan fingerprint density at radius 1 is 1.17 bits per heavy atom. The van der Waals surface area contributed by atoms with Crippen molar-refractivity contribution in [1.29, 1.82) is 0 Å². The zero-order valence-corrected chi connectivity index (χ0v) is 18.4. The van der Waals surface area contributed by atoms with E-state index in [9.17, 15) is 13.5 Å². The van der Waals surface area contributed by atoms with Crippen LogP contribution in [-0.2, 0) is 16.4 Å². The van der Waals surface area contributed by atoms with E-state index in [2.05, 4.69) is 0 Å². The summed E-state index contributed by atoms with van der Waals surface area (Å²) in [6.07, 6.45) is -0.145. The van der Waals surface area contributed by atoms with Crippen molar-refractivity contribution in [3.05, 3.63) is 64.2 Å². The molecule has 0 amide bonds. The number of hydrogen-bond donors (Lipinski definition) is 1. The van der Waals surface area contributed by atoms with Crippen molar-refractivity contribution in [2.45, 2.75) is 39.0 Å². The van der Waals surface area contributed by atoms with E-state index in [0.717, 1.165) is 16.9 Å². The number of rotatable bonds is 8. The number of nitrogens with zero attached hydrogens (tertiary/aromatic N) is 1. The van der Waals surface area contributed by atoms with Gasteiger partial charge in [0.2, 0.25) is 0 Å². The molecule has 0 spiro atoms.